The molecule has 0 aliphatic rings. The first-order valence-electron chi connectivity index (χ1n) is 9.05. The van der Waals surface area contributed by atoms with Crippen LogP contribution in [-0.4, -0.2) is 30.6 Å². The number of pyridine rings is 1. The molecule has 0 saturated heterocycles. The number of H-pyrrole nitrogens is 1. The van der Waals surface area contributed by atoms with Gasteiger partial charge in [-0.25, -0.2) is 14.6 Å². The van der Waals surface area contributed by atoms with Crippen LogP contribution in [0.5, 0.6) is 0 Å². The molecule has 3 aromatic heterocycles. The first-order chi connectivity index (χ1) is 15.1. The summed E-state index contributed by atoms with van der Waals surface area (Å²) in [7, 11) is 0. The molecule has 0 saturated carbocycles. The summed E-state index contributed by atoms with van der Waals surface area (Å²) in [6.45, 7) is 1.76. The number of aryl methyl sites for hydroxylation is 1. The van der Waals surface area contributed by atoms with E-state index in [0.29, 0.717) is 33.3 Å². The molecule has 0 atom stereocenters. The smallest absolute Gasteiger partial charge is 0.343 e. The van der Waals surface area contributed by atoms with E-state index >= 15 is 0 Å². The second-order valence-corrected chi connectivity index (χ2v) is 7.88. The lowest BCUT2D eigenvalue weighted by Gasteiger charge is -2.13. The Hall–Kier alpha value is -3.18. The molecule has 3 heterocycles. The lowest BCUT2D eigenvalue weighted by Crippen LogP contribution is -2.19. The third-order valence-electron chi connectivity index (χ3n) is 4.49. The van der Waals surface area contributed by atoms with E-state index in [4.69, 9.17) is 11.6 Å². The van der Waals surface area contributed by atoms with E-state index < -0.39 is 17.8 Å². The van der Waals surface area contributed by atoms with Gasteiger partial charge in [0.05, 0.1) is 10.7 Å². The molecule has 0 bridgehead atoms. The van der Waals surface area contributed by atoms with Crippen molar-refractivity contribution in [2.24, 2.45) is 0 Å². The van der Waals surface area contributed by atoms with E-state index in [-0.39, 0.29) is 16.5 Å². The first kappa shape index (κ1) is 22.0. The Kier molecular flexibility index (Phi) is 5.78. The molecule has 0 fully saturated rings. The van der Waals surface area contributed by atoms with Gasteiger partial charge in [0.25, 0.3) is 5.91 Å². The third-order valence-corrected chi connectivity index (χ3v) is 5.19. The predicted molar refractivity (Wildman–Crippen MR) is 116 cm³/mol. The highest BCUT2D eigenvalue weighted by atomic mass is 79.9. The number of carbonyl (C=O) groups excluding carboxylic acids is 1. The van der Waals surface area contributed by atoms with Crippen molar-refractivity contribution in [3.8, 4) is 17.2 Å². The Morgan fingerprint density at radius 1 is 1.25 bits per heavy atom. The van der Waals surface area contributed by atoms with Gasteiger partial charge in [0.15, 0.2) is 11.5 Å². The van der Waals surface area contributed by atoms with Gasteiger partial charge < -0.3 is 10.3 Å². The zero-order chi connectivity index (χ0) is 23.0. The fraction of sp³-hybridized carbons (Fsp3) is 0.100. The molecule has 1 aromatic carbocycles. The number of carbonyl (C=O) groups is 1. The summed E-state index contributed by atoms with van der Waals surface area (Å²) >= 11 is 9.36. The number of benzene rings is 1. The zero-order valence-corrected chi connectivity index (χ0v) is 18.5. The normalized spacial score (nSPS) is 11.6. The molecule has 0 radical (unpaired) electrons. The average Bonchev–Trinajstić information content (AvgIpc) is 3.36. The fourth-order valence-electron chi connectivity index (χ4n) is 3.02. The molecule has 0 spiro atoms. The predicted octanol–water partition coefficient (Wildman–Crippen LogP) is 5.65. The highest BCUT2D eigenvalue weighted by Crippen LogP contribution is 2.33. The van der Waals surface area contributed by atoms with Crippen LogP contribution in [0.1, 0.15) is 21.7 Å². The highest BCUT2D eigenvalue weighted by Gasteiger charge is 2.36. The Balaban J connectivity index is 1.80. The van der Waals surface area contributed by atoms with Crippen molar-refractivity contribution < 1.29 is 18.0 Å². The summed E-state index contributed by atoms with van der Waals surface area (Å²) in [6.07, 6.45) is -1.81. The molecule has 0 unspecified atom stereocenters. The number of imidazole rings is 1. The van der Waals surface area contributed by atoms with Crippen LogP contribution in [0.3, 0.4) is 0 Å². The SMILES string of the molecule is Cc1cccc(-c2nc(Br)c[nH]2)c1NC(=O)c1cc(C(F)(F)F)nn1-c1ncccc1Cl. The zero-order valence-electron chi connectivity index (χ0n) is 16.2. The van der Waals surface area contributed by atoms with E-state index in [0.717, 1.165) is 4.68 Å². The number of nitrogens with zero attached hydrogens (tertiary/aromatic N) is 4. The van der Waals surface area contributed by atoms with Crippen LogP contribution < -0.4 is 5.32 Å². The number of amides is 1. The summed E-state index contributed by atoms with van der Waals surface area (Å²) in [5.41, 5.74) is -0.00625. The number of nitrogens with one attached hydrogen (secondary N) is 2. The van der Waals surface area contributed by atoms with Crippen LogP contribution in [0, 0.1) is 6.92 Å². The Bertz CT molecular complexity index is 1320. The minimum absolute atomic E-state index is 0.0374. The maximum atomic E-state index is 13.4. The van der Waals surface area contributed by atoms with Crippen molar-refractivity contribution in [1.29, 1.82) is 0 Å². The lowest BCUT2D eigenvalue weighted by molar-refractivity contribution is -0.141. The summed E-state index contributed by atoms with van der Waals surface area (Å²) in [5, 5.41) is 6.26. The highest BCUT2D eigenvalue weighted by molar-refractivity contribution is 9.10. The van der Waals surface area contributed by atoms with Crippen LogP contribution in [0.4, 0.5) is 18.9 Å². The van der Waals surface area contributed by atoms with Crippen molar-refractivity contribution in [3.05, 3.63) is 75.4 Å². The Morgan fingerprint density at radius 3 is 2.69 bits per heavy atom. The van der Waals surface area contributed by atoms with Crippen LogP contribution >= 0.6 is 27.5 Å². The number of aromatic amines is 1. The van der Waals surface area contributed by atoms with Crippen LogP contribution in [-0.2, 0) is 6.18 Å². The van der Waals surface area contributed by atoms with Gasteiger partial charge in [0.1, 0.15) is 16.1 Å². The summed E-state index contributed by atoms with van der Waals surface area (Å²) in [4.78, 5) is 24.4. The van der Waals surface area contributed by atoms with Crippen LogP contribution in [0.15, 0.2) is 53.4 Å². The minimum Gasteiger partial charge on any atom is -0.343 e. The Morgan fingerprint density at radius 2 is 2.03 bits per heavy atom. The molecule has 12 heteroatoms. The van der Waals surface area contributed by atoms with Gasteiger partial charge >= 0.3 is 6.18 Å². The molecule has 2 N–H and O–H groups in total. The molecule has 164 valence electrons. The van der Waals surface area contributed by atoms with Gasteiger partial charge in [0, 0.05) is 24.0 Å². The van der Waals surface area contributed by atoms with Crippen molar-refractivity contribution in [2.75, 3.05) is 5.32 Å². The number of hydrogen-bond acceptors (Lipinski definition) is 4. The molecule has 1 amide bonds. The maximum Gasteiger partial charge on any atom is 0.435 e. The van der Waals surface area contributed by atoms with E-state index in [1.807, 2.05) is 0 Å². The van der Waals surface area contributed by atoms with Gasteiger partial charge in [0.2, 0.25) is 0 Å². The maximum absolute atomic E-state index is 13.4. The number of aromatic nitrogens is 5. The number of halogens is 5. The largest absolute Gasteiger partial charge is 0.435 e. The molecule has 0 aliphatic carbocycles. The molecule has 7 nitrogen and oxygen atoms in total. The number of para-hydroxylation sites is 1. The molecule has 0 aliphatic heterocycles. The molecule has 4 rings (SSSR count). The molecular weight excluding hydrogens is 513 g/mol. The number of hydrogen-bond donors (Lipinski definition) is 2. The van der Waals surface area contributed by atoms with E-state index in [1.54, 1.807) is 31.3 Å². The minimum atomic E-state index is -4.77. The third kappa shape index (κ3) is 4.26. The van der Waals surface area contributed by atoms with E-state index in [9.17, 15) is 18.0 Å². The van der Waals surface area contributed by atoms with Crippen LogP contribution in [0.2, 0.25) is 5.02 Å². The second-order valence-electron chi connectivity index (χ2n) is 6.66. The molecular formula is C20H13BrClF3N6O. The monoisotopic (exact) mass is 524 g/mol. The summed E-state index contributed by atoms with van der Waals surface area (Å²) in [6, 6.07) is 8.86. The van der Waals surface area contributed by atoms with Gasteiger partial charge in [-0.2, -0.15) is 18.3 Å². The van der Waals surface area contributed by atoms with Gasteiger partial charge in [-0.3, -0.25) is 4.79 Å². The summed E-state index contributed by atoms with van der Waals surface area (Å²) < 4.78 is 41.4. The molecule has 4 aromatic rings. The van der Waals surface area contributed by atoms with Crippen molar-refractivity contribution in [3.63, 3.8) is 0 Å². The van der Waals surface area contributed by atoms with Crippen molar-refractivity contribution >= 4 is 39.1 Å². The van der Waals surface area contributed by atoms with Gasteiger partial charge in [-0.15, -0.1) is 0 Å². The molecule has 32 heavy (non-hydrogen) atoms. The van der Waals surface area contributed by atoms with Gasteiger partial charge in [-0.05, 0) is 46.6 Å². The van der Waals surface area contributed by atoms with Gasteiger partial charge in [-0.1, -0.05) is 23.7 Å². The Labute approximate surface area is 192 Å². The second kappa shape index (κ2) is 8.40. The van der Waals surface area contributed by atoms with Crippen molar-refractivity contribution in [1.82, 2.24) is 24.7 Å². The van der Waals surface area contributed by atoms with Crippen LogP contribution in [0.25, 0.3) is 17.2 Å². The average molecular weight is 526 g/mol. The van der Waals surface area contributed by atoms with Crippen molar-refractivity contribution in [2.45, 2.75) is 13.1 Å². The standard InChI is InChI=1S/C20H13BrClF3N6O/c1-10-4-2-5-11(17-27-9-15(21)28-17)16(10)29-19(32)13-8-14(20(23,24)25)30-31(13)18-12(22)6-3-7-26-18/h2-9H,1H3,(H,27,28)(H,29,32). The fourth-order valence-corrected chi connectivity index (χ4v) is 3.52. The van der Waals surface area contributed by atoms with E-state index in [2.05, 4.69) is 41.3 Å². The number of anilines is 1. The number of rotatable bonds is 4. The quantitative estimate of drug-likeness (QED) is 0.360. The van der Waals surface area contributed by atoms with E-state index in [1.165, 1.54) is 18.3 Å². The lowest BCUT2D eigenvalue weighted by atomic mass is 10.1. The summed E-state index contributed by atoms with van der Waals surface area (Å²) in [5.74, 6) is -0.459. The first-order valence-corrected chi connectivity index (χ1v) is 10.2. The topological polar surface area (TPSA) is 88.5 Å². The number of alkyl halides is 3.